The first-order chi connectivity index (χ1) is 8.23. The number of rotatable bonds is 9. The number of methoxy groups -OCH3 is 1. The summed E-state index contributed by atoms with van der Waals surface area (Å²) in [6.07, 6.45) is 1.32. The molecular weight excluding hydrogens is 274 g/mol. The largest absolute Gasteiger partial charge is 0.383 e. The molecular formula is C12H26ClNO3S. The predicted octanol–water partition coefficient (Wildman–Crippen LogP) is 2.33. The molecule has 0 saturated carbocycles. The zero-order valence-electron chi connectivity index (χ0n) is 11.9. The van der Waals surface area contributed by atoms with Gasteiger partial charge in [-0.25, -0.2) is 8.42 Å². The minimum Gasteiger partial charge on any atom is -0.383 e. The Kier molecular flexibility index (Phi) is 8.43. The van der Waals surface area contributed by atoms with Gasteiger partial charge in [0.05, 0.1) is 12.4 Å². The van der Waals surface area contributed by atoms with Crippen LogP contribution in [-0.2, 0) is 14.8 Å². The normalized spacial score (nSPS) is 13.2. The van der Waals surface area contributed by atoms with Gasteiger partial charge >= 0.3 is 0 Å². The van der Waals surface area contributed by atoms with Crippen LogP contribution in [0.15, 0.2) is 0 Å². The lowest BCUT2D eigenvalue weighted by atomic mass is 9.92. The maximum absolute atomic E-state index is 12.1. The molecule has 0 spiro atoms. The Balaban J connectivity index is 4.55. The highest BCUT2D eigenvalue weighted by molar-refractivity contribution is 7.89. The van der Waals surface area contributed by atoms with Crippen LogP contribution < -0.4 is 0 Å². The van der Waals surface area contributed by atoms with Crippen LogP contribution in [0.4, 0.5) is 0 Å². The number of hydrogen-bond donors (Lipinski definition) is 0. The molecule has 0 rings (SSSR count). The summed E-state index contributed by atoms with van der Waals surface area (Å²) < 4.78 is 30.7. The van der Waals surface area contributed by atoms with E-state index in [1.54, 1.807) is 7.11 Å². The molecule has 110 valence electrons. The minimum atomic E-state index is -3.21. The topological polar surface area (TPSA) is 46.6 Å². The molecule has 0 aliphatic rings. The summed E-state index contributed by atoms with van der Waals surface area (Å²) in [5.41, 5.74) is 0.118. The molecule has 0 unspecified atom stereocenters. The smallest absolute Gasteiger partial charge is 0.214 e. The van der Waals surface area contributed by atoms with Crippen LogP contribution in [-0.4, -0.2) is 51.2 Å². The third-order valence-corrected chi connectivity index (χ3v) is 4.81. The minimum absolute atomic E-state index is 0.115. The van der Waals surface area contributed by atoms with Gasteiger partial charge in [-0.1, -0.05) is 20.8 Å². The van der Waals surface area contributed by atoms with Crippen molar-refractivity contribution in [2.24, 2.45) is 5.41 Å². The number of alkyl halides is 1. The van der Waals surface area contributed by atoms with Crippen LogP contribution >= 0.6 is 11.6 Å². The molecule has 0 aromatic heterocycles. The second-order valence-electron chi connectivity index (χ2n) is 5.56. The molecule has 4 nitrogen and oxygen atoms in total. The van der Waals surface area contributed by atoms with Crippen LogP contribution in [0.25, 0.3) is 0 Å². The summed E-state index contributed by atoms with van der Waals surface area (Å²) >= 11 is 5.56. The lowest BCUT2D eigenvalue weighted by Crippen LogP contribution is -2.37. The van der Waals surface area contributed by atoms with Crippen molar-refractivity contribution in [3.05, 3.63) is 0 Å². The van der Waals surface area contributed by atoms with Crippen LogP contribution in [0.1, 0.15) is 33.6 Å². The molecule has 18 heavy (non-hydrogen) atoms. The second-order valence-corrected chi connectivity index (χ2v) is 8.03. The van der Waals surface area contributed by atoms with Gasteiger partial charge in [-0.15, -0.1) is 11.6 Å². The molecule has 0 aromatic rings. The highest BCUT2D eigenvalue weighted by Crippen LogP contribution is 2.20. The zero-order chi connectivity index (χ0) is 14.2. The average molecular weight is 300 g/mol. The maximum Gasteiger partial charge on any atom is 0.214 e. The van der Waals surface area contributed by atoms with Gasteiger partial charge < -0.3 is 4.74 Å². The van der Waals surface area contributed by atoms with Crippen molar-refractivity contribution in [2.45, 2.75) is 33.6 Å². The molecule has 0 aromatic carbocycles. The lowest BCUT2D eigenvalue weighted by Gasteiger charge is -2.26. The van der Waals surface area contributed by atoms with E-state index in [0.717, 1.165) is 6.42 Å². The van der Waals surface area contributed by atoms with Gasteiger partial charge in [-0.05, 0) is 18.3 Å². The fourth-order valence-corrected chi connectivity index (χ4v) is 3.19. The Bertz CT molecular complexity index is 312. The quantitative estimate of drug-likeness (QED) is 0.614. The summed E-state index contributed by atoms with van der Waals surface area (Å²) in [5, 5.41) is 0. The van der Waals surface area contributed by atoms with Gasteiger partial charge in [0.25, 0.3) is 0 Å². The van der Waals surface area contributed by atoms with Crippen molar-refractivity contribution in [3.8, 4) is 0 Å². The molecule has 6 heteroatoms. The van der Waals surface area contributed by atoms with E-state index >= 15 is 0 Å². The third-order valence-electron chi connectivity index (χ3n) is 2.59. The standard InChI is InChI=1S/C12H26ClNO3S/c1-12(2,3)6-8-14(9-10-17-4)18(15,16)11-5-7-13/h5-11H2,1-4H3. The Morgan fingerprint density at radius 1 is 1.22 bits per heavy atom. The van der Waals surface area contributed by atoms with Crippen molar-refractivity contribution in [3.63, 3.8) is 0 Å². The van der Waals surface area contributed by atoms with E-state index in [0.29, 0.717) is 32.0 Å². The highest BCUT2D eigenvalue weighted by atomic mass is 35.5. The maximum atomic E-state index is 12.1. The Morgan fingerprint density at radius 2 is 1.83 bits per heavy atom. The third kappa shape index (κ3) is 8.29. The van der Waals surface area contributed by atoms with E-state index < -0.39 is 10.0 Å². The summed E-state index contributed by atoms with van der Waals surface area (Å²) in [5.74, 6) is 0.487. The summed E-state index contributed by atoms with van der Waals surface area (Å²) in [6, 6.07) is 0. The number of ether oxygens (including phenoxy) is 1. The van der Waals surface area contributed by atoms with Crippen molar-refractivity contribution < 1.29 is 13.2 Å². The van der Waals surface area contributed by atoms with Crippen LogP contribution in [0.5, 0.6) is 0 Å². The average Bonchev–Trinajstić information content (AvgIpc) is 2.24. The van der Waals surface area contributed by atoms with Gasteiger partial charge in [0.1, 0.15) is 0 Å². The number of sulfonamides is 1. The predicted molar refractivity (Wildman–Crippen MR) is 76.6 cm³/mol. The first-order valence-electron chi connectivity index (χ1n) is 6.25. The van der Waals surface area contributed by atoms with Gasteiger partial charge in [-0.3, -0.25) is 0 Å². The fourth-order valence-electron chi connectivity index (χ4n) is 1.41. The lowest BCUT2D eigenvalue weighted by molar-refractivity contribution is 0.174. The van der Waals surface area contributed by atoms with Gasteiger partial charge in [0.2, 0.25) is 10.0 Å². The first-order valence-corrected chi connectivity index (χ1v) is 8.40. The Morgan fingerprint density at radius 3 is 2.28 bits per heavy atom. The molecule has 0 N–H and O–H groups in total. The Hall–Kier alpha value is 0.160. The number of halogens is 1. The van der Waals surface area contributed by atoms with E-state index in [9.17, 15) is 8.42 Å². The van der Waals surface area contributed by atoms with Crippen molar-refractivity contribution in [1.82, 2.24) is 4.31 Å². The molecule has 0 atom stereocenters. The van der Waals surface area contributed by atoms with Gasteiger partial charge in [-0.2, -0.15) is 4.31 Å². The summed E-state index contributed by atoms with van der Waals surface area (Å²) in [4.78, 5) is 0. The van der Waals surface area contributed by atoms with Crippen molar-refractivity contribution in [2.75, 3.05) is 38.4 Å². The van der Waals surface area contributed by atoms with E-state index in [1.165, 1.54) is 4.31 Å². The van der Waals surface area contributed by atoms with Gasteiger partial charge in [0, 0.05) is 26.1 Å². The highest BCUT2D eigenvalue weighted by Gasteiger charge is 2.23. The van der Waals surface area contributed by atoms with Crippen LogP contribution in [0.3, 0.4) is 0 Å². The van der Waals surface area contributed by atoms with Crippen LogP contribution in [0, 0.1) is 5.41 Å². The molecule has 0 heterocycles. The Labute approximate surface area is 117 Å². The van der Waals surface area contributed by atoms with Crippen LogP contribution in [0.2, 0.25) is 0 Å². The zero-order valence-corrected chi connectivity index (χ0v) is 13.5. The summed E-state index contributed by atoms with van der Waals surface area (Å²) in [7, 11) is -1.63. The SMILES string of the molecule is COCCN(CCC(C)(C)C)S(=O)(=O)CCCCl. The molecule has 0 fully saturated rings. The second kappa shape index (κ2) is 8.35. The number of nitrogens with zero attached hydrogens (tertiary/aromatic N) is 1. The number of hydrogen-bond acceptors (Lipinski definition) is 3. The van der Waals surface area contributed by atoms with Crippen molar-refractivity contribution >= 4 is 21.6 Å². The van der Waals surface area contributed by atoms with E-state index in [-0.39, 0.29) is 11.2 Å². The van der Waals surface area contributed by atoms with E-state index in [4.69, 9.17) is 16.3 Å². The first kappa shape index (κ1) is 18.2. The molecule has 0 aliphatic heterocycles. The molecule has 0 radical (unpaired) electrons. The molecule has 0 amide bonds. The van der Waals surface area contributed by atoms with E-state index in [1.807, 2.05) is 0 Å². The fraction of sp³-hybridized carbons (Fsp3) is 1.00. The monoisotopic (exact) mass is 299 g/mol. The molecule has 0 aliphatic carbocycles. The van der Waals surface area contributed by atoms with Gasteiger partial charge in [0.15, 0.2) is 0 Å². The molecule has 0 saturated heterocycles. The molecule has 0 bridgehead atoms. The van der Waals surface area contributed by atoms with Crippen molar-refractivity contribution in [1.29, 1.82) is 0 Å². The summed E-state index contributed by atoms with van der Waals surface area (Å²) in [6.45, 7) is 7.69. The van der Waals surface area contributed by atoms with E-state index in [2.05, 4.69) is 20.8 Å².